The molecule has 2 aromatic rings. The van der Waals surface area contributed by atoms with Crippen LogP contribution in [-0.4, -0.2) is 0 Å². The number of hydrogen-bond acceptors (Lipinski definition) is 2. The molecule has 18 heavy (non-hydrogen) atoms. The van der Waals surface area contributed by atoms with Crippen LogP contribution in [0.2, 0.25) is 10.0 Å². The third-order valence-corrected chi connectivity index (χ3v) is 4.92. The summed E-state index contributed by atoms with van der Waals surface area (Å²) >= 11 is 14.1. The SMILES string of the molecule is CCC(N)c1ccc(-c2cc(Cl)c(C)cc2Cl)s1. The molecule has 96 valence electrons. The number of benzene rings is 1. The van der Waals surface area contributed by atoms with Crippen molar-refractivity contribution in [3.63, 3.8) is 0 Å². The Balaban J connectivity index is 2.43. The smallest absolute Gasteiger partial charge is 0.0496 e. The molecule has 1 heterocycles. The van der Waals surface area contributed by atoms with E-state index in [0.717, 1.165) is 32.5 Å². The number of halogens is 2. The minimum absolute atomic E-state index is 0.100. The first kappa shape index (κ1) is 13.9. The van der Waals surface area contributed by atoms with Crippen molar-refractivity contribution in [2.45, 2.75) is 26.3 Å². The molecule has 0 aliphatic heterocycles. The predicted octanol–water partition coefficient (Wildman–Crippen LogP) is 5.44. The van der Waals surface area contributed by atoms with Gasteiger partial charge in [0.05, 0.1) is 0 Å². The van der Waals surface area contributed by atoms with E-state index in [-0.39, 0.29) is 6.04 Å². The van der Waals surface area contributed by atoms with Gasteiger partial charge in [0.15, 0.2) is 0 Å². The van der Waals surface area contributed by atoms with Crippen LogP contribution in [0.1, 0.15) is 29.8 Å². The van der Waals surface area contributed by atoms with Crippen molar-refractivity contribution in [1.82, 2.24) is 0 Å². The van der Waals surface area contributed by atoms with E-state index in [4.69, 9.17) is 28.9 Å². The standard InChI is InChI=1S/C14H15Cl2NS/c1-3-12(17)14-5-4-13(18-14)9-7-10(15)8(2)6-11(9)16/h4-7,12H,3,17H2,1-2H3. The highest BCUT2D eigenvalue weighted by Gasteiger charge is 2.12. The Morgan fingerprint density at radius 1 is 1.22 bits per heavy atom. The third-order valence-electron chi connectivity index (χ3n) is 2.95. The van der Waals surface area contributed by atoms with Gasteiger partial charge in [0.25, 0.3) is 0 Å². The van der Waals surface area contributed by atoms with Gasteiger partial charge < -0.3 is 5.73 Å². The lowest BCUT2D eigenvalue weighted by atomic mass is 10.1. The summed E-state index contributed by atoms with van der Waals surface area (Å²) in [6.07, 6.45) is 0.933. The van der Waals surface area contributed by atoms with Crippen LogP contribution < -0.4 is 5.73 Å². The van der Waals surface area contributed by atoms with Gasteiger partial charge in [0.2, 0.25) is 0 Å². The molecular weight excluding hydrogens is 285 g/mol. The highest BCUT2D eigenvalue weighted by Crippen LogP contribution is 2.38. The van der Waals surface area contributed by atoms with Crippen molar-refractivity contribution in [1.29, 1.82) is 0 Å². The maximum absolute atomic E-state index is 6.28. The first-order valence-electron chi connectivity index (χ1n) is 5.84. The Kier molecular flexibility index (Phi) is 4.33. The lowest BCUT2D eigenvalue weighted by Gasteiger charge is -2.06. The van der Waals surface area contributed by atoms with E-state index in [1.165, 1.54) is 4.88 Å². The number of aryl methyl sites for hydroxylation is 1. The van der Waals surface area contributed by atoms with Crippen LogP contribution in [0.3, 0.4) is 0 Å². The average Bonchev–Trinajstić information content (AvgIpc) is 2.82. The molecule has 1 nitrogen and oxygen atoms in total. The van der Waals surface area contributed by atoms with Gasteiger partial charge in [-0.15, -0.1) is 11.3 Å². The fourth-order valence-corrected chi connectivity index (χ4v) is 3.40. The number of rotatable bonds is 3. The van der Waals surface area contributed by atoms with Crippen LogP contribution in [-0.2, 0) is 0 Å². The van der Waals surface area contributed by atoms with Gasteiger partial charge in [-0.25, -0.2) is 0 Å². The van der Waals surface area contributed by atoms with Crippen LogP contribution >= 0.6 is 34.5 Å². The summed E-state index contributed by atoms with van der Waals surface area (Å²) < 4.78 is 0. The fraction of sp³-hybridized carbons (Fsp3) is 0.286. The van der Waals surface area contributed by atoms with Gasteiger partial charge >= 0.3 is 0 Å². The monoisotopic (exact) mass is 299 g/mol. The van der Waals surface area contributed by atoms with Crippen molar-refractivity contribution in [2.75, 3.05) is 0 Å². The van der Waals surface area contributed by atoms with Gasteiger partial charge in [0, 0.05) is 31.4 Å². The van der Waals surface area contributed by atoms with E-state index in [1.807, 2.05) is 19.1 Å². The van der Waals surface area contributed by atoms with E-state index < -0.39 is 0 Å². The Morgan fingerprint density at radius 3 is 2.61 bits per heavy atom. The molecule has 1 unspecified atom stereocenters. The van der Waals surface area contributed by atoms with Gasteiger partial charge in [-0.2, -0.15) is 0 Å². The van der Waals surface area contributed by atoms with Crippen molar-refractivity contribution >= 4 is 34.5 Å². The summed E-state index contributed by atoms with van der Waals surface area (Å²) in [5.41, 5.74) is 8.00. The zero-order valence-corrected chi connectivity index (χ0v) is 12.7. The Hall–Kier alpha value is -0.540. The number of nitrogens with two attached hydrogens (primary N) is 1. The molecule has 0 fully saturated rings. The first-order chi connectivity index (χ1) is 8.52. The predicted molar refractivity (Wildman–Crippen MR) is 81.7 cm³/mol. The second kappa shape index (κ2) is 5.62. The quantitative estimate of drug-likeness (QED) is 0.802. The minimum atomic E-state index is 0.100. The largest absolute Gasteiger partial charge is 0.323 e. The number of thiophene rings is 1. The van der Waals surface area contributed by atoms with E-state index in [2.05, 4.69) is 19.1 Å². The molecule has 0 amide bonds. The van der Waals surface area contributed by atoms with Crippen LogP contribution in [0.25, 0.3) is 10.4 Å². The molecule has 1 aromatic carbocycles. The molecule has 1 aromatic heterocycles. The van der Waals surface area contributed by atoms with E-state index in [0.29, 0.717) is 0 Å². The Bertz CT molecular complexity index is 563. The molecule has 0 saturated heterocycles. The molecule has 2 N–H and O–H groups in total. The molecule has 0 aliphatic rings. The second-order valence-corrected chi connectivity index (χ2v) is 6.23. The Morgan fingerprint density at radius 2 is 1.94 bits per heavy atom. The van der Waals surface area contributed by atoms with E-state index >= 15 is 0 Å². The highest BCUT2D eigenvalue weighted by molar-refractivity contribution is 7.15. The first-order valence-corrected chi connectivity index (χ1v) is 7.41. The van der Waals surface area contributed by atoms with Gasteiger partial charge in [0.1, 0.15) is 0 Å². The van der Waals surface area contributed by atoms with Gasteiger partial charge in [-0.05, 0) is 43.2 Å². The van der Waals surface area contributed by atoms with E-state index in [9.17, 15) is 0 Å². The molecule has 4 heteroatoms. The van der Waals surface area contributed by atoms with Crippen molar-refractivity contribution in [2.24, 2.45) is 5.73 Å². The van der Waals surface area contributed by atoms with Gasteiger partial charge in [-0.1, -0.05) is 30.1 Å². The van der Waals surface area contributed by atoms with Crippen LogP contribution in [0, 0.1) is 6.92 Å². The Labute approximate surface area is 122 Å². The molecule has 0 radical (unpaired) electrons. The maximum atomic E-state index is 6.28. The molecule has 1 atom stereocenters. The zero-order chi connectivity index (χ0) is 13.3. The summed E-state index contributed by atoms with van der Waals surface area (Å²) in [5.74, 6) is 0. The van der Waals surface area contributed by atoms with Crippen molar-refractivity contribution in [3.8, 4) is 10.4 Å². The second-order valence-electron chi connectivity index (χ2n) is 4.30. The summed E-state index contributed by atoms with van der Waals surface area (Å²) in [6.45, 7) is 4.03. The summed E-state index contributed by atoms with van der Waals surface area (Å²) in [4.78, 5) is 2.29. The normalized spacial score (nSPS) is 12.7. The molecule has 0 saturated carbocycles. The molecule has 0 spiro atoms. The molecule has 0 bridgehead atoms. The third kappa shape index (κ3) is 2.72. The maximum Gasteiger partial charge on any atom is 0.0496 e. The minimum Gasteiger partial charge on any atom is -0.323 e. The van der Waals surface area contributed by atoms with Crippen molar-refractivity contribution in [3.05, 3.63) is 44.8 Å². The fourth-order valence-electron chi connectivity index (χ4n) is 1.73. The van der Waals surface area contributed by atoms with Crippen LogP contribution in [0.5, 0.6) is 0 Å². The molecule has 0 aliphatic carbocycles. The van der Waals surface area contributed by atoms with Gasteiger partial charge in [-0.3, -0.25) is 0 Å². The van der Waals surface area contributed by atoms with Crippen molar-refractivity contribution < 1.29 is 0 Å². The lowest BCUT2D eigenvalue weighted by Crippen LogP contribution is -2.05. The highest BCUT2D eigenvalue weighted by atomic mass is 35.5. The van der Waals surface area contributed by atoms with Crippen LogP contribution in [0.4, 0.5) is 0 Å². The summed E-state index contributed by atoms with van der Waals surface area (Å²) in [7, 11) is 0. The van der Waals surface area contributed by atoms with Crippen LogP contribution in [0.15, 0.2) is 24.3 Å². The van der Waals surface area contributed by atoms with E-state index in [1.54, 1.807) is 11.3 Å². The zero-order valence-electron chi connectivity index (χ0n) is 10.3. The average molecular weight is 300 g/mol. The topological polar surface area (TPSA) is 26.0 Å². The molecule has 2 rings (SSSR count). The molecular formula is C14H15Cl2NS. The summed E-state index contributed by atoms with van der Waals surface area (Å²) in [6, 6.07) is 8.05. The summed E-state index contributed by atoms with van der Waals surface area (Å²) in [5, 5.41) is 1.47. The lowest BCUT2D eigenvalue weighted by molar-refractivity contribution is 0.712. The number of hydrogen-bond donors (Lipinski definition) is 1.